The summed E-state index contributed by atoms with van der Waals surface area (Å²) in [6, 6.07) is 15.0. The molecule has 0 aliphatic heterocycles. The predicted octanol–water partition coefficient (Wildman–Crippen LogP) is 5.76. The Labute approximate surface area is 133 Å². The average Bonchev–Trinajstić information content (AvgIpc) is 2.49. The lowest BCUT2D eigenvalue weighted by molar-refractivity contribution is 0.452. The molecule has 0 aromatic heterocycles. The van der Waals surface area contributed by atoms with Crippen LogP contribution in [0.15, 0.2) is 48.5 Å². The first-order chi connectivity index (χ1) is 9.61. The molecule has 0 nitrogen and oxygen atoms in total. The molecule has 0 spiro atoms. The third-order valence-corrected chi connectivity index (χ3v) is 5.16. The lowest BCUT2D eigenvalue weighted by Crippen LogP contribution is -2.30. The summed E-state index contributed by atoms with van der Waals surface area (Å²) in [5, 5.41) is 1.36. The van der Waals surface area contributed by atoms with Crippen LogP contribution in [-0.4, -0.2) is 5.33 Å². The van der Waals surface area contributed by atoms with Crippen LogP contribution in [0.2, 0.25) is 5.02 Å². The van der Waals surface area contributed by atoms with E-state index < -0.39 is 0 Å². The van der Waals surface area contributed by atoms with Crippen LogP contribution >= 0.6 is 27.5 Å². The second kappa shape index (κ2) is 6.73. The van der Waals surface area contributed by atoms with Gasteiger partial charge in [-0.25, -0.2) is 4.39 Å². The van der Waals surface area contributed by atoms with Crippen molar-refractivity contribution in [1.82, 2.24) is 0 Å². The van der Waals surface area contributed by atoms with Crippen LogP contribution in [0.5, 0.6) is 0 Å². The van der Waals surface area contributed by atoms with Crippen LogP contribution in [0, 0.1) is 5.82 Å². The Morgan fingerprint density at radius 1 is 1.15 bits per heavy atom. The van der Waals surface area contributed by atoms with Crippen LogP contribution in [0.1, 0.15) is 24.5 Å². The highest BCUT2D eigenvalue weighted by molar-refractivity contribution is 9.09. The van der Waals surface area contributed by atoms with Gasteiger partial charge in [0.05, 0.1) is 0 Å². The lowest BCUT2D eigenvalue weighted by Gasteiger charge is -2.32. The van der Waals surface area contributed by atoms with E-state index in [2.05, 4.69) is 35.0 Å². The Kier molecular flexibility index (Phi) is 5.22. The first-order valence-corrected chi connectivity index (χ1v) is 8.16. The maximum Gasteiger partial charge on any atom is 0.126 e. The highest BCUT2D eigenvalue weighted by atomic mass is 79.9. The van der Waals surface area contributed by atoms with Crippen molar-refractivity contribution >= 4 is 27.5 Å². The van der Waals surface area contributed by atoms with Gasteiger partial charge in [-0.2, -0.15) is 0 Å². The minimum atomic E-state index is -0.191. The molecule has 0 radical (unpaired) electrons. The van der Waals surface area contributed by atoms with E-state index in [0.717, 1.165) is 11.8 Å². The molecule has 2 rings (SSSR count). The number of hydrogen-bond acceptors (Lipinski definition) is 0. The number of alkyl halides is 1. The molecule has 20 heavy (non-hydrogen) atoms. The van der Waals surface area contributed by atoms with Crippen molar-refractivity contribution < 1.29 is 4.39 Å². The van der Waals surface area contributed by atoms with E-state index in [0.29, 0.717) is 17.0 Å². The number of benzene rings is 2. The van der Waals surface area contributed by atoms with Crippen molar-refractivity contribution in [2.24, 2.45) is 0 Å². The quantitative estimate of drug-likeness (QED) is 0.598. The smallest absolute Gasteiger partial charge is 0.126 e. The monoisotopic (exact) mass is 354 g/mol. The molecule has 0 heterocycles. The maximum atomic E-state index is 14.0. The average molecular weight is 356 g/mol. The molecule has 2 aromatic rings. The SMILES string of the molecule is CCC(CBr)(Cc1cc(Cl)ccc1F)c1ccccc1. The molecule has 0 saturated heterocycles. The van der Waals surface area contributed by atoms with E-state index in [1.54, 1.807) is 12.1 Å². The standard InChI is InChI=1S/C17H17BrClF/c1-2-17(12-18,14-6-4-3-5-7-14)11-13-10-15(19)8-9-16(13)20/h3-10H,2,11-12H2,1H3. The second-order valence-electron chi connectivity index (χ2n) is 5.05. The Hall–Kier alpha value is -0.860. The summed E-state index contributed by atoms with van der Waals surface area (Å²) < 4.78 is 14.0. The zero-order chi connectivity index (χ0) is 14.6. The first-order valence-electron chi connectivity index (χ1n) is 6.67. The molecule has 2 aromatic carbocycles. The molecule has 3 heteroatoms. The summed E-state index contributed by atoms with van der Waals surface area (Å²) >= 11 is 9.61. The van der Waals surface area contributed by atoms with Gasteiger partial charge in [0, 0.05) is 15.8 Å². The van der Waals surface area contributed by atoms with Gasteiger partial charge >= 0.3 is 0 Å². The van der Waals surface area contributed by atoms with Crippen LogP contribution < -0.4 is 0 Å². The Morgan fingerprint density at radius 3 is 2.45 bits per heavy atom. The van der Waals surface area contributed by atoms with Crippen LogP contribution in [0.3, 0.4) is 0 Å². The van der Waals surface area contributed by atoms with Crippen LogP contribution in [0.4, 0.5) is 4.39 Å². The van der Waals surface area contributed by atoms with Gasteiger partial charge in [-0.3, -0.25) is 0 Å². The summed E-state index contributed by atoms with van der Waals surface area (Å²) in [5.41, 5.74) is 1.77. The highest BCUT2D eigenvalue weighted by Gasteiger charge is 2.30. The summed E-state index contributed by atoms with van der Waals surface area (Å²) in [6.07, 6.45) is 1.55. The zero-order valence-electron chi connectivity index (χ0n) is 11.4. The van der Waals surface area contributed by atoms with Crippen molar-refractivity contribution in [3.8, 4) is 0 Å². The topological polar surface area (TPSA) is 0 Å². The normalized spacial score (nSPS) is 14.0. The molecular weight excluding hydrogens is 339 g/mol. The molecular formula is C17H17BrClF. The fourth-order valence-corrected chi connectivity index (χ4v) is 3.60. The lowest BCUT2D eigenvalue weighted by atomic mass is 9.75. The minimum Gasteiger partial charge on any atom is -0.207 e. The van der Waals surface area contributed by atoms with E-state index in [1.165, 1.54) is 11.6 Å². The minimum absolute atomic E-state index is 0.118. The molecule has 0 saturated carbocycles. The molecule has 106 valence electrons. The third kappa shape index (κ3) is 3.24. The molecule has 1 unspecified atom stereocenters. The molecule has 1 atom stereocenters. The Morgan fingerprint density at radius 2 is 1.85 bits per heavy atom. The van der Waals surface area contributed by atoms with Crippen molar-refractivity contribution in [1.29, 1.82) is 0 Å². The highest BCUT2D eigenvalue weighted by Crippen LogP contribution is 2.35. The van der Waals surface area contributed by atoms with Gasteiger partial charge < -0.3 is 0 Å². The Bertz CT molecular complexity index is 564. The van der Waals surface area contributed by atoms with Crippen molar-refractivity contribution in [3.05, 3.63) is 70.5 Å². The zero-order valence-corrected chi connectivity index (χ0v) is 13.7. The van der Waals surface area contributed by atoms with Crippen molar-refractivity contribution in [3.63, 3.8) is 0 Å². The van der Waals surface area contributed by atoms with Crippen LogP contribution in [0.25, 0.3) is 0 Å². The van der Waals surface area contributed by atoms with Gasteiger partial charge in [-0.1, -0.05) is 64.8 Å². The summed E-state index contributed by atoms with van der Waals surface area (Å²) in [4.78, 5) is 0. The fourth-order valence-electron chi connectivity index (χ4n) is 2.49. The Balaban J connectivity index is 2.42. The summed E-state index contributed by atoms with van der Waals surface area (Å²) in [7, 11) is 0. The first kappa shape index (κ1) is 15.5. The number of rotatable bonds is 5. The van der Waals surface area contributed by atoms with Crippen molar-refractivity contribution in [2.75, 3.05) is 5.33 Å². The van der Waals surface area contributed by atoms with Gasteiger partial charge in [-0.15, -0.1) is 0 Å². The molecule has 0 amide bonds. The van der Waals surface area contributed by atoms with E-state index in [9.17, 15) is 4.39 Å². The van der Waals surface area contributed by atoms with Gasteiger partial charge in [0.1, 0.15) is 5.82 Å². The molecule has 0 aliphatic carbocycles. The van der Waals surface area contributed by atoms with Crippen LogP contribution in [-0.2, 0) is 11.8 Å². The predicted molar refractivity (Wildman–Crippen MR) is 87.3 cm³/mol. The molecule has 0 N–H and O–H groups in total. The maximum absolute atomic E-state index is 14.0. The number of halogens is 3. The number of hydrogen-bond donors (Lipinski definition) is 0. The van der Waals surface area contributed by atoms with Gasteiger partial charge in [0.15, 0.2) is 0 Å². The third-order valence-electron chi connectivity index (χ3n) is 3.86. The fraction of sp³-hybridized carbons (Fsp3) is 0.294. The van der Waals surface area contributed by atoms with E-state index in [4.69, 9.17) is 11.6 Å². The molecule has 0 bridgehead atoms. The van der Waals surface area contributed by atoms with Crippen molar-refractivity contribution in [2.45, 2.75) is 25.2 Å². The van der Waals surface area contributed by atoms with E-state index in [1.807, 2.05) is 18.2 Å². The molecule has 0 fully saturated rings. The van der Waals surface area contributed by atoms with Gasteiger partial charge in [0.25, 0.3) is 0 Å². The van der Waals surface area contributed by atoms with E-state index >= 15 is 0 Å². The van der Waals surface area contributed by atoms with E-state index in [-0.39, 0.29) is 11.2 Å². The van der Waals surface area contributed by atoms with Gasteiger partial charge in [0.2, 0.25) is 0 Å². The summed E-state index contributed by atoms with van der Waals surface area (Å²) in [5.74, 6) is -0.191. The largest absolute Gasteiger partial charge is 0.207 e. The second-order valence-corrected chi connectivity index (χ2v) is 6.04. The summed E-state index contributed by atoms with van der Waals surface area (Å²) in [6.45, 7) is 2.14. The van der Waals surface area contributed by atoms with Gasteiger partial charge in [-0.05, 0) is 42.2 Å². The molecule has 0 aliphatic rings.